The summed E-state index contributed by atoms with van der Waals surface area (Å²) in [5, 5.41) is 2.35. The summed E-state index contributed by atoms with van der Waals surface area (Å²) >= 11 is 0. The van der Waals surface area contributed by atoms with E-state index < -0.39 is 5.63 Å². The Bertz CT molecular complexity index is 456. The lowest BCUT2D eigenvalue weighted by Gasteiger charge is -1.88. The molecule has 4 nitrogen and oxygen atoms in total. The molecule has 0 unspecified atom stereocenters. The Morgan fingerprint density at radius 3 is 2.54 bits per heavy atom. The molecule has 0 aliphatic rings. The van der Waals surface area contributed by atoms with Gasteiger partial charge in [-0.25, -0.2) is 4.79 Å². The summed E-state index contributed by atoms with van der Waals surface area (Å²) in [6.45, 7) is 0. The van der Waals surface area contributed by atoms with Crippen LogP contribution in [0.5, 0.6) is 0 Å². The molecule has 4 heteroatoms. The number of aromatic amines is 1. The molecule has 13 heavy (non-hydrogen) atoms. The third-order valence-corrected chi connectivity index (χ3v) is 1.76. The van der Waals surface area contributed by atoms with E-state index in [0.29, 0.717) is 5.69 Å². The molecule has 0 saturated heterocycles. The topological polar surface area (TPSA) is 49.9 Å². The van der Waals surface area contributed by atoms with Gasteiger partial charge in [-0.2, -0.15) is 0 Å². The smallest absolute Gasteiger partial charge is 0.283 e. The van der Waals surface area contributed by atoms with E-state index >= 15 is 0 Å². The minimum atomic E-state index is -0.416. The van der Waals surface area contributed by atoms with Crippen molar-refractivity contribution in [2.75, 3.05) is 0 Å². The minimum Gasteiger partial charge on any atom is -0.283 e. The third-order valence-electron chi connectivity index (χ3n) is 1.76. The van der Waals surface area contributed by atoms with Crippen LogP contribution in [0, 0.1) is 7.05 Å². The van der Waals surface area contributed by atoms with Crippen LogP contribution in [0.15, 0.2) is 39.6 Å². The van der Waals surface area contributed by atoms with Crippen molar-refractivity contribution in [3.05, 3.63) is 47.8 Å². The fraction of sp³-hybridized carbons (Fsp3) is 0. The number of benzene rings is 1. The average Bonchev–Trinajstić information content (AvgIpc) is 2.48. The molecule has 0 atom stereocenters. The molecule has 2 rings (SSSR count). The molecular weight excluding hydrogens is 168 g/mol. The monoisotopic (exact) mass is 176 g/mol. The van der Waals surface area contributed by atoms with Gasteiger partial charge in [0, 0.05) is 0 Å². The summed E-state index contributed by atoms with van der Waals surface area (Å²) in [5.74, 6) is 0. The molecule has 1 heterocycles. The van der Waals surface area contributed by atoms with Gasteiger partial charge in [-0.05, 0) is 17.4 Å². The van der Waals surface area contributed by atoms with Crippen molar-refractivity contribution < 1.29 is 9.20 Å². The molecule has 1 aromatic carbocycles. The Labute approximate surface area is 74.4 Å². The molecule has 0 aliphatic carbocycles. The second-order valence-electron chi connectivity index (χ2n) is 2.62. The molecule has 0 bridgehead atoms. The average molecular weight is 176 g/mol. The van der Waals surface area contributed by atoms with Gasteiger partial charge in [0.1, 0.15) is 0 Å². The van der Waals surface area contributed by atoms with E-state index in [4.69, 9.17) is 0 Å². The Hall–Kier alpha value is -1.84. The molecular formula is C9H8N2O2+. The Morgan fingerprint density at radius 1 is 1.31 bits per heavy atom. The van der Waals surface area contributed by atoms with Crippen molar-refractivity contribution in [2.24, 2.45) is 0 Å². The number of nitrogens with one attached hydrogen (secondary N) is 1. The summed E-state index contributed by atoms with van der Waals surface area (Å²) in [7, 11) is 3.59. The number of rotatable bonds is 1. The zero-order valence-corrected chi connectivity index (χ0v) is 6.86. The highest BCUT2D eigenvalue weighted by Crippen LogP contribution is 2.09. The fourth-order valence-corrected chi connectivity index (χ4v) is 1.17. The van der Waals surface area contributed by atoms with E-state index in [2.05, 4.69) is 16.8 Å². The first kappa shape index (κ1) is 7.79. The van der Waals surface area contributed by atoms with Gasteiger partial charge < -0.3 is 0 Å². The molecule has 2 aromatic rings. The van der Waals surface area contributed by atoms with E-state index in [0.717, 1.165) is 5.56 Å². The first-order chi connectivity index (χ1) is 6.29. The first-order valence-corrected chi connectivity index (χ1v) is 3.79. The minimum absolute atomic E-state index is 0.416. The van der Waals surface area contributed by atoms with E-state index in [9.17, 15) is 4.79 Å². The molecule has 0 fully saturated rings. The van der Waals surface area contributed by atoms with Crippen LogP contribution < -0.4 is 10.3 Å². The molecule has 1 aromatic heterocycles. The number of nitrogens with zero attached hydrogens (tertiary/aromatic N) is 1. The van der Waals surface area contributed by atoms with Crippen LogP contribution in [-0.4, -0.2) is 5.27 Å². The van der Waals surface area contributed by atoms with Gasteiger partial charge in [0.2, 0.25) is 7.05 Å². The first-order valence-electron chi connectivity index (χ1n) is 3.79. The predicted molar refractivity (Wildman–Crippen MR) is 45.7 cm³/mol. The molecule has 0 spiro atoms. The summed E-state index contributed by atoms with van der Waals surface area (Å²) < 4.78 is 5.87. The van der Waals surface area contributed by atoms with Crippen LogP contribution >= 0.6 is 0 Å². The van der Waals surface area contributed by atoms with Crippen LogP contribution in [0.1, 0.15) is 0 Å². The van der Waals surface area contributed by atoms with E-state index in [1.54, 1.807) is 0 Å². The molecule has 0 aliphatic heterocycles. The molecule has 1 N–H and O–H groups in total. The van der Waals surface area contributed by atoms with Gasteiger partial charge >= 0.3 is 11.3 Å². The Balaban J connectivity index is 2.65. The second-order valence-corrected chi connectivity index (χ2v) is 2.62. The van der Waals surface area contributed by atoms with Crippen LogP contribution in [0.2, 0.25) is 0 Å². The molecule has 1 radical (unpaired) electrons. The maximum absolute atomic E-state index is 11.2. The van der Waals surface area contributed by atoms with Gasteiger partial charge in [-0.1, -0.05) is 22.9 Å². The van der Waals surface area contributed by atoms with Crippen molar-refractivity contribution in [3.63, 3.8) is 0 Å². The van der Waals surface area contributed by atoms with E-state index in [-0.39, 0.29) is 0 Å². The fourth-order valence-electron chi connectivity index (χ4n) is 1.17. The van der Waals surface area contributed by atoms with Gasteiger partial charge in [-0.3, -0.25) is 4.52 Å². The largest absolute Gasteiger partial charge is 0.435 e. The third kappa shape index (κ3) is 1.26. The zero-order valence-electron chi connectivity index (χ0n) is 6.86. The van der Waals surface area contributed by atoms with Crippen LogP contribution in [-0.2, 0) is 0 Å². The highest BCUT2D eigenvalue weighted by Gasteiger charge is 2.18. The van der Waals surface area contributed by atoms with Gasteiger partial charge in [0.15, 0.2) is 0 Å². The highest BCUT2D eigenvalue weighted by molar-refractivity contribution is 5.53. The van der Waals surface area contributed by atoms with Crippen LogP contribution in [0.3, 0.4) is 0 Å². The van der Waals surface area contributed by atoms with Crippen molar-refractivity contribution in [2.45, 2.75) is 0 Å². The molecule has 0 saturated carbocycles. The normalized spacial score (nSPS) is 10.2. The lowest BCUT2D eigenvalue weighted by Crippen LogP contribution is -2.31. The van der Waals surface area contributed by atoms with Gasteiger partial charge in [-0.15, -0.1) is 0 Å². The quantitative estimate of drug-likeness (QED) is 0.645. The zero-order chi connectivity index (χ0) is 9.26. The lowest BCUT2D eigenvalue weighted by molar-refractivity contribution is -0.675. The second kappa shape index (κ2) is 2.90. The van der Waals surface area contributed by atoms with E-state index in [1.807, 2.05) is 30.3 Å². The summed E-state index contributed by atoms with van der Waals surface area (Å²) in [4.78, 5) is 11.2. The standard InChI is InChI=1S/C9H8N2O2/c1-11-8(9(12)13-10-11)7-5-3-2-4-6-7/h2-6,10H,1H2/q+1. The lowest BCUT2D eigenvalue weighted by atomic mass is 10.2. The van der Waals surface area contributed by atoms with Gasteiger partial charge in [0.25, 0.3) is 0 Å². The predicted octanol–water partition coefficient (Wildman–Crippen LogP) is 0.562. The Kier molecular flexibility index (Phi) is 1.73. The molecule has 65 valence electrons. The van der Waals surface area contributed by atoms with E-state index in [1.165, 1.54) is 4.68 Å². The SMILES string of the molecule is [CH2][n+]1[nH]oc(=O)c1-c1ccccc1. The maximum Gasteiger partial charge on any atom is 0.435 e. The van der Waals surface area contributed by atoms with Crippen LogP contribution in [0.4, 0.5) is 0 Å². The van der Waals surface area contributed by atoms with Gasteiger partial charge in [0.05, 0.1) is 5.56 Å². The summed E-state index contributed by atoms with van der Waals surface area (Å²) in [6.07, 6.45) is 0. The Morgan fingerprint density at radius 2 is 2.00 bits per heavy atom. The van der Waals surface area contributed by atoms with Crippen molar-refractivity contribution in [1.29, 1.82) is 0 Å². The van der Waals surface area contributed by atoms with Crippen molar-refractivity contribution in [1.82, 2.24) is 5.27 Å². The maximum atomic E-state index is 11.2. The highest BCUT2D eigenvalue weighted by atomic mass is 16.5. The van der Waals surface area contributed by atoms with Crippen molar-refractivity contribution >= 4 is 0 Å². The summed E-state index contributed by atoms with van der Waals surface area (Å²) in [5.41, 5.74) is 0.786. The number of hydrogen-bond donors (Lipinski definition) is 1. The number of hydrogen-bond acceptors (Lipinski definition) is 2. The summed E-state index contributed by atoms with van der Waals surface area (Å²) in [6, 6.07) is 9.22. The molecule has 0 amide bonds. The number of H-pyrrole nitrogens is 1. The van der Waals surface area contributed by atoms with Crippen molar-refractivity contribution in [3.8, 4) is 11.3 Å². The number of aromatic nitrogens is 2. The van der Waals surface area contributed by atoms with Crippen LogP contribution in [0.25, 0.3) is 11.3 Å².